The summed E-state index contributed by atoms with van der Waals surface area (Å²) in [7, 11) is 1.46. The fourth-order valence-corrected chi connectivity index (χ4v) is 1.39. The van der Waals surface area contributed by atoms with Crippen LogP contribution in [0.25, 0.3) is 0 Å². The van der Waals surface area contributed by atoms with Crippen molar-refractivity contribution < 1.29 is 19.6 Å². The molecular weight excluding hydrogens is 264 g/mol. The fraction of sp³-hybridized carbons (Fsp3) is 0.0909. The molecule has 0 radical (unpaired) electrons. The second-order valence-electron chi connectivity index (χ2n) is 3.70. The molecule has 20 heavy (non-hydrogen) atoms. The monoisotopic (exact) mass is 277 g/mol. The van der Waals surface area contributed by atoms with Gasteiger partial charge in [0.2, 0.25) is 12.1 Å². The van der Waals surface area contributed by atoms with Crippen LogP contribution in [-0.2, 0) is 0 Å². The van der Waals surface area contributed by atoms with Gasteiger partial charge in [-0.3, -0.25) is 0 Å². The molecule has 6 N–H and O–H groups in total. The number of amidine groups is 1. The van der Waals surface area contributed by atoms with Crippen molar-refractivity contribution >= 4 is 17.9 Å². The summed E-state index contributed by atoms with van der Waals surface area (Å²) in [5.41, 5.74) is 12.0. The summed E-state index contributed by atoms with van der Waals surface area (Å²) >= 11 is 0. The van der Waals surface area contributed by atoms with E-state index in [2.05, 4.69) is 25.1 Å². The van der Waals surface area contributed by atoms with Crippen molar-refractivity contribution in [3.05, 3.63) is 29.5 Å². The largest absolute Gasteiger partial charge is 0.504 e. The van der Waals surface area contributed by atoms with Gasteiger partial charge in [0.05, 0.1) is 7.11 Å². The third-order valence-electron chi connectivity index (χ3n) is 2.38. The van der Waals surface area contributed by atoms with Gasteiger partial charge in [0.15, 0.2) is 23.0 Å². The molecule has 0 amide bonds. The highest BCUT2D eigenvalue weighted by Crippen LogP contribution is 2.25. The van der Waals surface area contributed by atoms with Crippen molar-refractivity contribution in [1.29, 1.82) is 0 Å². The lowest BCUT2D eigenvalue weighted by molar-refractivity contribution is -0.456. The molecule has 0 saturated carbocycles. The summed E-state index contributed by atoms with van der Waals surface area (Å²) in [6.07, 6.45) is 1.55. The first-order chi connectivity index (χ1) is 9.61. The Morgan fingerprint density at radius 1 is 1.50 bits per heavy atom. The predicted octanol–water partition coefficient (Wildman–Crippen LogP) is -1.81. The van der Waals surface area contributed by atoms with E-state index in [0.29, 0.717) is 5.75 Å². The zero-order valence-corrected chi connectivity index (χ0v) is 10.6. The van der Waals surface area contributed by atoms with E-state index >= 15 is 0 Å². The highest BCUT2D eigenvalue weighted by atomic mass is 16.6. The van der Waals surface area contributed by atoms with Gasteiger partial charge in [-0.15, -0.1) is 5.10 Å². The van der Waals surface area contributed by atoms with Gasteiger partial charge in [-0.25, -0.2) is 4.63 Å². The number of aromatic hydroxyl groups is 1. The molecule has 9 heteroatoms. The number of nitrogen functional groups attached to an aromatic ring is 1. The molecule has 9 nitrogen and oxygen atoms in total. The summed E-state index contributed by atoms with van der Waals surface area (Å²) < 4.78 is 9.39. The van der Waals surface area contributed by atoms with E-state index in [1.54, 1.807) is 18.3 Å². The molecule has 1 aromatic heterocycles. The summed E-state index contributed by atoms with van der Waals surface area (Å²) in [4.78, 5) is 0. The number of hydrogen-bond acceptors (Lipinski definition) is 7. The van der Waals surface area contributed by atoms with E-state index in [1.807, 2.05) is 0 Å². The molecule has 0 fully saturated rings. The number of phenols is 1. The van der Waals surface area contributed by atoms with Crippen LogP contribution in [0.1, 0.15) is 11.3 Å². The molecule has 2 rings (SSSR count). The second-order valence-corrected chi connectivity index (χ2v) is 3.70. The minimum absolute atomic E-state index is 0.0331. The lowest BCUT2D eigenvalue weighted by atomic mass is 10.2. The molecule has 0 saturated heterocycles. The number of phenolic OH excluding ortho intramolecular Hbond substituents is 1. The zero-order chi connectivity index (χ0) is 14.5. The Hall–Kier alpha value is -3.10. The molecule has 2 aromatic rings. The van der Waals surface area contributed by atoms with E-state index < -0.39 is 0 Å². The number of hydrogen-bond donors (Lipinski definition) is 4. The Labute approximate surface area is 113 Å². The number of aromatic nitrogens is 2. The minimum atomic E-state index is 0.0331. The number of methoxy groups -OCH3 is 1. The molecule has 0 aliphatic carbocycles. The second kappa shape index (κ2) is 5.69. The maximum Gasteiger partial charge on any atom is 0.224 e. The molecule has 0 aliphatic heterocycles. The summed E-state index contributed by atoms with van der Waals surface area (Å²) in [6.45, 7) is 0. The van der Waals surface area contributed by atoms with Crippen molar-refractivity contribution in [2.75, 3.05) is 12.8 Å². The standard InChI is InChI=1S/C11H12N6O3/c1-19-8-4-6(2-3-7(8)18)5-14-15-10(12)9-11(13)17-20-16-9/h2-5,18H,1H3,(H2,12,15)(H2,13,17)/p+1. The SMILES string of the molecule is COc1cc(C=[NH+]N=C(N)c2nonc2N)ccc1O. The predicted molar refractivity (Wildman–Crippen MR) is 70.2 cm³/mol. The lowest BCUT2D eigenvalue weighted by Crippen LogP contribution is -2.63. The third-order valence-corrected chi connectivity index (χ3v) is 2.38. The number of rotatable bonds is 4. The zero-order valence-electron chi connectivity index (χ0n) is 10.6. The molecule has 0 unspecified atom stereocenters. The topological polar surface area (TPSA) is 147 Å². The van der Waals surface area contributed by atoms with Gasteiger partial charge in [0.25, 0.3) is 0 Å². The molecule has 0 bridgehead atoms. The van der Waals surface area contributed by atoms with Gasteiger partial charge in [0.1, 0.15) is 0 Å². The Morgan fingerprint density at radius 3 is 2.95 bits per heavy atom. The van der Waals surface area contributed by atoms with Crippen LogP contribution >= 0.6 is 0 Å². The van der Waals surface area contributed by atoms with E-state index in [9.17, 15) is 5.11 Å². The molecule has 1 heterocycles. The maximum atomic E-state index is 9.46. The quantitative estimate of drug-likeness (QED) is 0.292. The Kier molecular flexibility index (Phi) is 3.80. The van der Waals surface area contributed by atoms with Crippen LogP contribution in [0.2, 0.25) is 0 Å². The first-order valence-corrected chi connectivity index (χ1v) is 5.49. The van der Waals surface area contributed by atoms with E-state index in [4.69, 9.17) is 16.2 Å². The number of nitrogens with two attached hydrogens (primary N) is 2. The van der Waals surface area contributed by atoms with Crippen LogP contribution in [0, 0.1) is 0 Å². The highest BCUT2D eigenvalue weighted by Gasteiger charge is 2.11. The number of benzene rings is 1. The van der Waals surface area contributed by atoms with Crippen LogP contribution in [0.4, 0.5) is 5.82 Å². The normalized spacial score (nSPS) is 11.9. The lowest BCUT2D eigenvalue weighted by Gasteiger charge is -2.01. The Morgan fingerprint density at radius 2 is 2.30 bits per heavy atom. The average Bonchev–Trinajstić information content (AvgIpc) is 2.87. The fourth-order valence-electron chi connectivity index (χ4n) is 1.39. The van der Waals surface area contributed by atoms with E-state index in [-0.39, 0.29) is 23.1 Å². The molecule has 0 atom stereocenters. The van der Waals surface area contributed by atoms with Crippen molar-refractivity contribution in [3.63, 3.8) is 0 Å². The molecule has 104 valence electrons. The highest BCUT2D eigenvalue weighted by molar-refractivity contribution is 5.98. The summed E-state index contributed by atoms with van der Waals surface area (Å²) in [5, 5.41) is 22.8. The van der Waals surface area contributed by atoms with Crippen LogP contribution < -0.4 is 21.3 Å². The van der Waals surface area contributed by atoms with Crippen molar-refractivity contribution in [1.82, 2.24) is 10.3 Å². The van der Waals surface area contributed by atoms with Gasteiger partial charge in [-0.2, -0.15) is 0 Å². The molecular formula is C11H13N6O3+. The smallest absolute Gasteiger partial charge is 0.224 e. The average molecular weight is 277 g/mol. The third kappa shape index (κ3) is 2.83. The van der Waals surface area contributed by atoms with Crippen molar-refractivity contribution in [2.45, 2.75) is 0 Å². The molecule has 0 aliphatic rings. The van der Waals surface area contributed by atoms with Gasteiger partial charge in [-0.05, 0) is 28.5 Å². The summed E-state index contributed by atoms with van der Waals surface area (Å²) in [6, 6.07) is 4.79. The van der Waals surface area contributed by atoms with Crippen LogP contribution in [0.15, 0.2) is 27.9 Å². The van der Waals surface area contributed by atoms with Gasteiger partial charge < -0.3 is 21.3 Å². The van der Waals surface area contributed by atoms with Gasteiger partial charge in [-0.1, -0.05) is 0 Å². The number of ether oxygens (including phenoxy) is 1. The van der Waals surface area contributed by atoms with E-state index in [1.165, 1.54) is 13.2 Å². The van der Waals surface area contributed by atoms with Crippen LogP contribution in [0.5, 0.6) is 11.5 Å². The Bertz CT molecular complexity index is 664. The number of nitrogens with one attached hydrogen (secondary N) is 1. The molecule has 0 spiro atoms. The van der Waals surface area contributed by atoms with E-state index in [0.717, 1.165) is 5.56 Å². The van der Waals surface area contributed by atoms with Crippen molar-refractivity contribution in [3.8, 4) is 11.5 Å². The molecule has 1 aromatic carbocycles. The van der Waals surface area contributed by atoms with Gasteiger partial charge in [0, 0.05) is 10.7 Å². The summed E-state index contributed by atoms with van der Waals surface area (Å²) in [5.74, 6) is 0.488. The number of hydrazone groups is 1. The first kappa shape index (κ1) is 13.3. The number of nitrogens with zero attached hydrogens (tertiary/aromatic N) is 3. The minimum Gasteiger partial charge on any atom is -0.504 e. The Balaban J connectivity index is 2.16. The van der Waals surface area contributed by atoms with Gasteiger partial charge >= 0.3 is 0 Å². The van der Waals surface area contributed by atoms with Crippen LogP contribution in [0.3, 0.4) is 0 Å². The number of anilines is 1. The van der Waals surface area contributed by atoms with Crippen molar-refractivity contribution in [2.24, 2.45) is 10.8 Å². The maximum absolute atomic E-state index is 9.46. The first-order valence-electron chi connectivity index (χ1n) is 5.49. The van der Waals surface area contributed by atoms with Crippen LogP contribution in [-0.4, -0.2) is 34.6 Å².